The zero-order chi connectivity index (χ0) is 23.3. The fraction of sp³-hybridized carbons (Fsp3) is 0.240. The SMILES string of the molecule is CN1Cc2cc(Nc3ncc4c(=O)c(-c5c(Cl)cccc5Cl)c[nH]c4n3)ccc2C(C)(C)C1. The summed E-state index contributed by atoms with van der Waals surface area (Å²) in [5.41, 5.74) is 4.72. The van der Waals surface area contributed by atoms with Crippen molar-refractivity contribution in [2.45, 2.75) is 25.8 Å². The van der Waals surface area contributed by atoms with Crippen molar-refractivity contribution in [2.75, 3.05) is 18.9 Å². The molecule has 6 nitrogen and oxygen atoms in total. The monoisotopic (exact) mass is 479 g/mol. The molecule has 0 saturated heterocycles. The van der Waals surface area contributed by atoms with Crippen molar-refractivity contribution in [3.63, 3.8) is 0 Å². The molecule has 1 aliphatic rings. The molecule has 4 aromatic rings. The maximum atomic E-state index is 13.1. The number of likely N-dealkylation sites (N-methyl/N-ethyl adjacent to an activating group) is 1. The largest absolute Gasteiger partial charge is 0.345 e. The Morgan fingerprint density at radius 3 is 2.67 bits per heavy atom. The van der Waals surface area contributed by atoms with Crippen molar-refractivity contribution < 1.29 is 0 Å². The molecule has 2 N–H and O–H groups in total. The normalized spacial score (nSPS) is 15.4. The van der Waals surface area contributed by atoms with Gasteiger partial charge >= 0.3 is 0 Å². The highest BCUT2D eigenvalue weighted by molar-refractivity contribution is 6.39. The number of fused-ring (bicyclic) bond motifs is 2. The van der Waals surface area contributed by atoms with Crippen LogP contribution in [-0.4, -0.2) is 33.4 Å². The second-order valence-corrected chi connectivity index (χ2v) is 9.95. The Balaban J connectivity index is 1.49. The molecule has 168 valence electrons. The Hall–Kier alpha value is -2.93. The molecule has 0 atom stereocenters. The second kappa shape index (κ2) is 8.13. The van der Waals surface area contributed by atoms with Crippen LogP contribution in [0.1, 0.15) is 25.0 Å². The van der Waals surface area contributed by atoms with E-state index in [1.165, 1.54) is 17.3 Å². The summed E-state index contributed by atoms with van der Waals surface area (Å²) >= 11 is 12.6. The molecular formula is C25H23Cl2N5O. The highest BCUT2D eigenvalue weighted by atomic mass is 35.5. The van der Waals surface area contributed by atoms with Gasteiger partial charge in [-0.2, -0.15) is 4.98 Å². The van der Waals surface area contributed by atoms with Crippen molar-refractivity contribution in [1.29, 1.82) is 0 Å². The van der Waals surface area contributed by atoms with E-state index in [9.17, 15) is 4.79 Å². The van der Waals surface area contributed by atoms with Gasteiger partial charge in [0.1, 0.15) is 5.65 Å². The smallest absolute Gasteiger partial charge is 0.229 e. The standard InChI is InChI=1S/C25H23Cl2N5O/c1-25(2)13-32(3)12-14-9-15(7-8-18(14)25)30-24-29-11-17-22(33)16(10-28-23(17)31-24)21-19(26)5-4-6-20(21)27/h4-11H,12-13H2,1-3H3,(H2,28,29,30,31,33). The molecule has 0 aliphatic carbocycles. The Morgan fingerprint density at radius 2 is 1.91 bits per heavy atom. The van der Waals surface area contributed by atoms with Gasteiger partial charge in [0.25, 0.3) is 0 Å². The van der Waals surface area contributed by atoms with Crippen LogP contribution in [0.5, 0.6) is 0 Å². The van der Waals surface area contributed by atoms with Crippen LogP contribution in [0.2, 0.25) is 10.0 Å². The summed E-state index contributed by atoms with van der Waals surface area (Å²) in [7, 11) is 2.14. The van der Waals surface area contributed by atoms with Crippen LogP contribution in [0.4, 0.5) is 11.6 Å². The summed E-state index contributed by atoms with van der Waals surface area (Å²) in [6.45, 7) is 6.45. The molecule has 1 aliphatic heterocycles. The van der Waals surface area contributed by atoms with Gasteiger partial charge in [0.2, 0.25) is 5.95 Å². The van der Waals surface area contributed by atoms with E-state index in [1.54, 1.807) is 24.4 Å². The molecule has 2 aromatic carbocycles. The molecule has 3 heterocycles. The van der Waals surface area contributed by atoms with Crippen molar-refractivity contribution >= 4 is 45.9 Å². The van der Waals surface area contributed by atoms with E-state index in [0.717, 1.165) is 18.8 Å². The fourth-order valence-corrected chi connectivity index (χ4v) is 5.31. The van der Waals surface area contributed by atoms with E-state index in [1.807, 2.05) is 6.07 Å². The third kappa shape index (κ3) is 3.99. The van der Waals surface area contributed by atoms with Gasteiger partial charge in [-0.25, -0.2) is 4.98 Å². The molecule has 0 amide bonds. The predicted octanol–water partition coefficient (Wildman–Crippen LogP) is 5.76. The zero-order valence-electron chi connectivity index (χ0n) is 18.5. The highest BCUT2D eigenvalue weighted by Gasteiger charge is 2.30. The summed E-state index contributed by atoms with van der Waals surface area (Å²) in [4.78, 5) is 27.4. The van der Waals surface area contributed by atoms with Crippen LogP contribution in [0.15, 0.2) is 53.6 Å². The Labute approximate surface area is 201 Å². The van der Waals surface area contributed by atoms with Crippen LogP contribution in [0, 0.1) is 0 Å². The van der Waals surface area contributed by atoms with Gasteiger partial charge in [-0.05, 0) is 42.4 Å². The first-order valence-corrected chi connectivity index (χ1v) is 11.4. The molecular weight excluding hydrogens is 457 g/mol. The summed E-state index contributed by atoms with van der Waals surface area (Å²) < 4.78 is 0. The number of rotatable bonds is 3. The van der Waals surface area contributed by atoms with E-state index >= 15 is 0 Å². The minimum atomic E-state index is -0.232. The van der Waals surface area contributed by atoms with Crippen molar-refractivity contribution in [3.05, 3.63) is 80.2 Å². The number of pyridine rings is 1. The molecule has 0 radical (unpaired) electrons. The lowest BCUT2D eigenvalue weighted by Crippen LogP contribution is -2.39. The topological polar surface area (TPSA) is 73.9 Å². The fourth-order valence-electron chi connectivity index (χ4n) is 4.71. The molecule has 0 bridgehead atoms. The van der Waals surface area contributed by atoms with Gasteiger partial charge in [0.15, 0.2) is 5.43 Å². The van der Waals surface area contributed by atoms with E-state index in [-0.39, 0.29) is 10.8 Å². The Morgan fingerprint density at radius 1 is 1.15 bits per heavy atom. The van der Waals surface area contributed by atoms with E-state index in [4.69, 9.17) is 23.2 Å². The predicted molar refractivity (Wildman–Crippen MR) is 135 cm³/mol. The molecule has 2 aromatic heterocycles. The molecule has 33 heavy (non-hydrogen) atoms. The maximum absolute atomic E-state index is 13.1. The molecule has 0 saturated carbocycles. The van der Waals surface area contributed by atoms with Gasteiger partial charge in [-0.1, -0.05) is 49.2 Å². The lowest BCUT2D eigenvalue weighted by Gasteiger charge is -2.38. The number of nitrogens with zero attached hydrogens (tertiary/aromatic N) is 3. The number of H-pyrrole nitrogens is 1. The van der Waals surface area contributed by atoms with Gasteiger partial charge in [-0.15, -0.1) is 0 Å². The lowest BCUT2D eigenvalue weighted by atomic mass is 9.78. The Bertz CT molecular complexity index is 1430. The second-order valence-electron chi connectivity index (χ2n) is 9.14. The first kappa shape index (κ1) is 21.9. The average molecular weight is 480 g/mol. The molecule has 0 spiro atoms. The number of benzene rings is 2. The zero-order valence-corrected chi connectivity index (χ0v) is 20.1. The average Bonchev–Trinajstić information content (AvgIpc) is 2.74. The van der Waals surface area contributed by atoms with Gasteiger partial charge in [0, 0.05) is 47.7 Å². The van der Waals surface area contributed by atoms with Crippen molar-refractivity contribution in [3.8, 4) is 11.1 Å². The minimum absolute atomic E-state index is 0.0993. The third-order valence-electron chi connectivity index (χ3n) is 6.06. The quantitative estimate of drug-likeness (QED) is 0.390. The summed E-state index contributed by atoms with van der Waals surface area (Å²) in [5.74, 6) is 0.407. The van der Waals surface area contributed by atoms with E-state index in [0.29, 0.717) is 38.2 Å². The first-order chi connectivity index (χ1) is 15.7. The summed E-state index contributed by atoms with van der Waals surface area (Å²) in [6.07, 6.45) is 3.11. The molecule has 0 fully saturated rings. The van der Waals surface area contributed by atoms with Crippen LogP contribution in [-0.2, 0) is 12.0 Å². The Kier molecular flexibility index (Phi) is 5.40. The highest BCUT2D eigenvalue weighted by Crippen LogP contribution is 2.35. The first-order valence-electron chi connectivity index (χ1n) is 10.6. The van der Waals surface area contributed by atoms with E-state index < -0.39 is 0 Å². The minimum Gasteiger partial charge on any atom is -0.345 e. The molecule has 5 rings (SSSR count). The number of halogens is 2. The van der Waals surface area contributed by atoms with Gasteiger partial charge in [0.05, 0.1) is 15.4 Å². The van der Waals surface area contributed by atoms with Crippen LogP contribution in [0.3, 0.4) is 0 Å². The number of nitrogens with one attached hydrogen (secondary N) is 2. The molecule has 8 heteroatoms. The summed E-state index contributed by atoms with van der Waals surface area (Å²) in [6, 6.07) is 11.5. The lowest BCUT2D eigenvalue weighted by molar-refractivity contribution is 0.236. The number of hydrogen-bond donors (Lipinski definition) is 2. The number of aromatic amines is 1. The van der Waals surface area contributed by atoms with Gasteiger partial charge in [-0.3, -0.25) is 4.79 Å². The van der Waals surface area contributed by atoms with Crippen molar-refractivity contribution in [2.24, 2.45) is 0 Å². The number of anilines is 2. The van der Waals surface area contributed by atoms with E-state index in [2.05, 4.69) is 58.2 Å². The summed E-state index contributed by atoms with van der Waals surface area (Å²) in [5, 5.41) is 4.45. The van der Waals surface area contributed by atoms with Crippen molar-refractivity contribution in [1.82, 2.24) is 19.9 Å². The van der Waals surface area contributed by atoms with Crippen LogP contribution >= 0.6 is 23.2 Å². The number of aromatic nitrogens is 3. The molecule has 0 unspecified atom stereocenters. The van der Waals surface area contributed by atoms with Crippen LogP contribution in [0.25, 0.3) is 22.2 Å². The number of hydrogen-bond acceptors (Lipinski definition) is 5. The maximum Gasteiger partial charge on any atom is 0.229 e. The van der Waals surface area contributed by atoms with Gasteiger partial charge < -0.3 is 15.2 Å². The van der Waals surface area contributed by atoms with Crippen LogP contribution < -0.4 is 10.7 Å². The third-order valence-corrected chi connectivity index (χ3v) is 6.69.